The number of thioether (sulfide) groups is 1. The molecule has 0 saturated carbocycles. The summed E-state index contributed by atoms with van der Waals surface area (Å²) in [5.41, 5.74) is 7.70. The lowest BCUT2D eigenvalue weighted by Gasteiger charge is -2.18. The lowest BCUT2D eigenvalue weighted by Crippen LogP contribution is -2.22. The first kappa shape index (κ1) is 24.7. The van der Waals surface area contributed by atoms with E-state index < -0.39 is 17.0 Å². The molecule has 0 aliphatic heterocycles. The number of rotatable bonds is 8. The minimum absolute atomic E-state index is 0.226. The number of nitrogens with two attached hydrogens (primary N) is 1. The summed E-state index contributed by atoms with van der Waals surface area (Å²) in [7, 11) is 0. The summed E-state index contributed by atoms with van der Waals surface area (Å²) in [5, 5.41) is 4.98. The van der Waals surface area contributed by atoms with Crippen molar-refractivity contribution in [2.75, 3.05) is 10.6 Å². The first-order chi connectivity index (χ1) is 17.4. The van der Waals surface area contributed by atoms with Gasteiger partial charge in [-0.3, -0.25) is 14.4 Å². The van der Waals surface area contributed by atoms with Crippen molar-refractivity contribution in [3.8, 4) is 0 Å². The molecule has 3 amide bonds. The van der Waals surface area contributed by atoms with Gasteiger partial charge in [-0.2, -0.15) is 0 Å². The minimum atomic E-state index is -0.631. The Bertz CT molecular complexity index is 1380. The van der Waals surface area contributed by atoms with E-state index in [9.17, 15) is 18.8 Å². The number of amides is 3. The van der Waals surface area contributed by atoms with Crippen LogP contribution in [-0.2, 0) is 4.79 Å². The van der Waals surface area contributed by atoms with Crippen molar-refractivity contribution in [2.45, 2.75) is 10.1 Å². The standard InChI is InChI=1S/C28H22FN3O3S/c29-20-12-10-19(11-13-20)27(34)31-21-14-16-22(17-15-21)36-25(18-6-2-1-3-7-18)28(35)32-24-9-5-4-8-23(24)26(30)33/h1-17,25H,(H2,30,33)(H,31,34)(H,32,35). The zero-order valence-electron chi connectivity index (χ0n) is 19.0. The average Bonchev–Trinajstić information content (AvgIpc) is 2.89. The normalized spacial score (nSPS) is 11.4. The summed E-state index contributed by atoms with van der Waals surface area (Å²) >= 11 is 1.33. The number of nitrogens with one attached hydrogen (secondary N) is 2. The van der Waals surface area contributed by atoms with Crippen LogP contribution < -0.4 is 16.4 Å². The van der Waals surface area contributed by atoms with Crippen molar-refractivity contribution in [2.24, 2.45) is 5.73 Å². The molecule has 0 aliphatic rings. The van der Waals surface area contributed by atoms with Crippen LogP contribution in [0, 0.1) is 5.82 Å². The minimum Gasteiger partial charge on any atom is -0.366 e. The number of primary amides is 1. The van der Waals surface area contributed by atoms with Crippen LogP contribution in [0.3, 0.4) is 0 Å². The second-order valence-corrected chi connectivity index (χ2v) is 8.97. The predicted octanol–water partition coefficient (Wildman–Crippen LogP) is 5.65. The number of anilines is 2. The molecule has 0 spiro atoms. The topological polar surface area (TPSA) is 101 Å². The van der Waals surface area contributed by atoms with Crippen molar-refractivity contribution in [3.63, 3.8) is 0 Å². The Labute approximate surface area is 211 Å². The Morgan fingerprint density at radius 1 is 0.750 bits per heavy atom. The van der Waals surface area contributed by atoms with Gasteiger partial charge in [-0.05, 0) is 66.2 Å². The molecule has 0 radical (unpaired) electrons. The van der Waals surface area contributed by atoms with E-state index in [-0.39, 0.29) is 17.4 Å². The molecule has 0 bridgehead atoms. The Kier molecular flexibility index (Phi) is 7.77. The first-order valence-electron chi connectivity index (χ1n) is 11.0. The van der Waals surface area contributed by atoms with Crippen LogP contribution in [0.2, 0.25) is 0 Å². The number of hydrogen-bond acceptors (Lipinski definition) is 4. The summed E-state index contributed by atoms with van der Waals surface area (Å²) in [5.74, 6) is -1.71. The summed E-state index contributed by atoms with van der Waals surface area (Å²) in [6.45, 7) is 0. The summed E-state index contributed by atoms with van der Waals surface area (Å²) in [4.78, 5) is 38.3. The number of benzene rings is 4. The fraction of sp³-hybridized carbons (Fsp3) is 0.0357. The van der Waals surface area contributed by atoms with E-state index in [0.29, 0.717) is 16.9 Å². The second kappa shape index (κ2) is 11.3. The van der Waals surface area contributed by atoms with Gasteiger partial charge >= 0.3 is 0 Å². The van der Waals surface area contributed by atoms with Crippen LogP contribution in [0.1, 0.15) is 31.5 Å². The van der Waals surface area contributed by atoms with Crippen molar-refractivity contribution < 1.29 is 18.8 Å². The van der Waals surface area contributed by atoms with Crippen molar-refractivity contribution in [1.29, 1.82) is 0 Å². The van der Waals surface area contributed by atoms with Crippen LogP contribution in [0.15, 0.2) is 108 Å². The third-order valence-corrected chi connectivity index (χ3v) is 6.53. The molecule has 6 nitrogen and oxygen atoms in total. The predicted molar refractivity (Wildman–Crippen MR) is 139 cm³/mol. The van der Waals surface area contributed by atoms with E-state index >= 15 is 0 Å². The van der Waals surface area contributed by atoms with Gasteiger partial charge < -0.3 is 16.4 Å². The van der Waals surface area contributed by atoms with Gasteiger partial charge in [-0.1, -0.05) is 42.5 Å². The summed E-state index contributed by atoms with van der Waals surface area (Å²) in [6, 6.07) is 28.2. The maximum Gasteiger partial charge on any atom is 0.255 e. The van der Waals surface area contributed by atoms with E-state index in [1.165, 1.54) is 36.0 Å². The first-order valence-corrected chi connectivity index (χ1v) is 11.9. The zero-order valence-corrected chi connectivity index (χ0v) is 19.8. The van der Waals surface area contributed by atoms with Gasteiger partial charge in [0.2, 0.25) is 5.91 Å². The van der Waals surface area contributed by atoms with Crippen LogP contribution >= 0.6 is 11.8 Å². The van der Waals surface area contributed by atoms with Crippen molar-refractivity contribution in [1.82, 2.24) is 0 Å². The Hall–Kier alpha value is -4.43. The average molecular weight is 500 g/mol. The fourth-order valence-electron chi connectivity index (χ4n) is 3.46. The van der Waals surface area contributed by atoms with Crippen LogP contribution in [-0.4, -0.2) is 17.7 Å². The largest absolute Gasteiger partial charge is 0.366 e. The molecule has 36 heavy (non-hydrogen) atoms. The highest BCUT2D eigenvalue weighted by atomic mass is 32.2. The van der Waals surface area contributed by atoms with Gasteiger partial charge in [0.1, 0.15) is 11.1 Å². The Morgan fingerprint density at radius 2 is 1.39 bits per heavy atom. The van der Waals surface area contributed by atoms with E-state index in [2.05, 4.69) is 10.6 Å². The molecular weight excluding hydrogens is 477 g/mol. The van der Waals surface area contributed by atoms with E-state index in [1.807, 2.05) is 30.3 Å². The van der Waals surface area contributed by atoms with Gasteiger partial charge in [-0.25, -0.2) is 4.39 Å². The van der Waals surface area contributed by atoms with E-state index in [4.69, 9.17) is 5.73 Å². The Morgan fingerprint density at radius 3 is 2.06 bits per heavy atom. The number of carbonyl (C=O) groups excluding carboxylic acids is 3. The quantitative estimate of drug-likeness (QED) is 0.273. The highest BCUT2D eigenvalue weighted by molar-refractivity contribution is 8.00. The van der Waals surface area contributed by atoms with Crippen LogP contribution in [0.5, 0.6) is 0 Å². The molecule has 0 aromatic heterocycles. The third kappa shape index (κ3) is 6.17. The van der Waals surface area contributed by atoms with Gasteiger partial charge in [-0.15, -0.1) is 11.8 Å². The summed E-state index contributed by atoms with van der Waals surface area (Å²) < 4.78 is 13.1. The third-order valence-electron chi connectivity index (χ3n) is 5.26. The van der Waals surface area contributed by atoms with Crippen LogP contribution in [0.4, 0.5) is 15.8 Å². The van der Waals surface area contributed by atoms with E-state index in [0.717, 1.165) is 10.5 Å². The smallest absolute Gasteiger partial charge is 0.255 e. The Balaban J connectivity index is 1.51. The van der Waals surface area contributed by atoms with E-state index in [1.54, 1.807) is 48.5 Å². The SMILES string of the molecule is NC(=O)c1ccccc1NC(=O)C(Sc1ccc(NC(=O)c2ccc(F)cc2)cc1)c1ccccc1. The highest BCUT2D eigenvalue weighted by Crippen LogP contribution is 2.37. The number of carbonyl (C=O) groups is 3. The zero-order chi connectivity index (χ0) is 25.5. The number of para-hydroxylation sites is 1. The molecule has 0 saturated heterocycles. The second-order valence-electron chi connectivity index (χ2n) is 7.79. The van der Waals surface area contributed by atoms with Crippen LogP contribution in [0.25, 0.3) is 0 Å². The molecule has 0 fully saturated rings. The monoisotopic (exact) mass is 499 g/mol. The van der Waals surface area contributed by atoms with Crippen molar-refractivity contribution in [3.05, 3.63) is 126 Å². The molecule has 4 aromatic carbocycles. The van der Waals surface area contributed by atoms with Crippen molar-refractivity contribution >= 4 is 40.9 Å². The maximum absolute atomic E-state index is 13.3. The van der Waals surface area contributed by atoms with Gasteiger partial charge in [0.15, 0.2) is 0 Å². The molecule has 0 heterocycles. The van der Waals surface area contributed by atoms with Gasteiger partial charge in [0.25, 0.3) is 11.8 Å². The molecule has 8 heteroatoms. The summed E-state index contributed by atoms with van der Waals surface area (Å²) in [6.07, 6.45) is 0. The molecule has 4 aromatic rings. The van der Waals surface area contributed by atoms with Gasteiger partial charge in [0.05, 0.1) is 11.3 Å². The molecule has 1 atom stereocenters. The molecule has 4 N–H and O–H groups in total. The molecule has 4 rings (SSSR count). The number of hydrogen-bond donors (Lipinski definition) is 3. The van der Waals surface area contributed by atoms with Gasteiger partial charge in [0, 0.05) is 16.1 Å². The molecule has 180 valence electrons. The fourth-order valence-corrected chi connectivity index (χ4v) is 4.49. The molecule has 0 aliphatic carbocycles. The maximum atomic E-state index is 13.3. The molecular formula is C28H22FN3O3S. The molecule has 1 unspecified atom stereocenters. The highest BCUT2D eigenvalue weighted by Gasteiger charge is 2.23. The number of halogens is 1. The lowest BCUT2D eigenvalue weighted by molar-refractivity contribution is -0.115. The lowest BCUT2D eigenvalue weighted by atomic mass is 10.1.